The first-order valence-electron chi connectivity index (χ1n) is 8.05. The Kier molecular flexibility index (Phi) is 4.52. The highest BCUT2D eigenvalue weighted by Crippen LogP contribution is 2.44. The summed E-state index contributed by atoms with van der Waals surface area (Å²) in [5.41, 5.74) is 0. The van der Waals surface area contributed by atoms with Crippen molar-refractivity contribution in [3.8, 4) is 0 Å². The summed E-state index contributed by atoms with van der Waals surface area (Å²) in [7, 11) is 1.43. The summed E-state index contributed by atoms with van der Waals surface area (Å²) in [5, 5.41) is 7.74. The second kappa shape index (κ2) is 6.38. The van der Waals surface area contributed by atoms with Crippen LogP contribution in [0.1, 0.15) is 38.5 Å². The van der Waals surface area contributed by atoms with Crippen LogP contribution >= 0.6 is 12.2 Å². The number of fused-ring (bicyclic) bond motifs is 2. The smallest absolute Gasteiger partial charge is 0.409 e. The maximum absolute atomic E-state index is 11.4. The summed E-state index contributed by atoms with van der Waals surface area (Å²) in [6, 6.07) is 0.948. The van der Waals surface area contributed by atoms with Gasteiger partial charge in [-0.2, -0.15) is 0 Å². The van der Waals surface area contributed by atoms with Crippen LogP contribution in [0.5, 0.6) is 0 Å². The molecule has 3 atom stereocenters. The molecule has 5 nitrogen and oxygen atoms in total. The van der Waals surface area contributed by atoms with E-state index in [-0.39, 0.29) is 6.09 Å². The van der Waals surface area contributed by atoms with Gasteiger partial charge in [0, 0.05) is 25.2 Å². The van der Waals surface area contributed by atoms with E-state index in [9.17, 15) is 4.79 Å². The van der Waals surface area contributed by atoms with E-state index in [1.807, 2.05) is 0 Å². The third-order valence-corrected chi connectivity index (χ3v) is 5.55. The number of nitrogens with zero attached hydrogens (tertiary/aromatic N) is 1. The van der Waals surface area contributed by atoms with Gasteiger partial charge < -0.3 is 20.3 Å². The van der Waals surface area contributed by atoms with E-state index in [2.05, 4.69) is 10.6 Å². The Morgan fingerprint density at radius 1 is 1.14 bits per heavy atom. The Balaban J connectivity index is 1.39. The van der Waals surface area contributed by atoms with Crippen molar-refractivity contribution in [1.29, 1.82) is 0 Å². The minimum atomic E-state index is -0.226. The maximum atomic E-state index is 11.4. The molecule has 2 aliphatic carbocycles. The summed E-state index contributed by atoms with van der Waals surface area (Å²) in [6.07, 6.45) is 7.07. The van der Waals surface area contributed by atoms with Gasteiger partial charge in [0.15, 0.2) is 5.11 Å². The molecule has 6 heteroatoms. The van der Waals surface area contributed by atoms with Gasteiger partial charge in [0.25, 0.3) is 0 Å². The van der Waals surface area contributed by atoms with Gasteiger partial charge in [-0.1, -0.05) is 6.42 Å². The minimum Gasteiger partial charge on any atom is -0.453 e. The van der Waals surface area contributed by atoms with Gasteiger partial charge in [0.2, 0.25) is 0 Å². The van der Waals surface area contributed by atoms with Crippen LogP contribution in [0.2, 0.25) is 0 Å². The monoisotopic (exact) mass is 311 g/mol. The van der Waals surface area contributed by atoms with Crippen molar-refractivity contribution in [1.82, 2.24) is 15.5 Å². The molecule has 21 heavy (non-hydrogen) atoms. The largest absolute Gasteiger partial charge is 0.453 e. The van der Waals surface area contributed by atoms with E-state index < -0.39 is 0 Å². The van der Waals surface area contributed by atoms with Gasteiger partial charge in [-0.05, 0) is 56.2 Å². The predicted molar refractivity (Wildman–Crippen MR) is 85.1 cm³/mol. The van der Waals surface area contributed by atoms with Gasteiger partial charge in [-0.25, -0.2) is 4.79 Å². The second-order valence-corrected chi connectivity index (χ2v) is 7.04. The molecule has 0 aromatic heterocycles. The molecule has 1 aliphatic heterocycles. The van der Waals surface area contributed by atoms with Crippen LogP contribution in [0.3, 0.4) is 0 Å². The van der Waals surface area contributed by atoms with Crippen LogP contribution < -0.4 is 10.6 Å². The van der Waals surface area contributed by atoms with Crippen LogP contribution in [0, 0.1) is 11.8 Å². The van der Waals surface area contributed by atoms with Crippen molar-refractivity contribution in [2.75, 3.05) is 20.2 Å². The summed E-state index contributed by atoms with van der Waals surface area (Å²) < 4.78 is 4.75. The van der Waals surface area contributed by atoms with Crippen LogP contribution in [0.25, 0.3) is 0 Å². The zero-order valence-electron chi connectivity index (χ0n) is 12.6. The fourth-order valence-electron chi connectivity index (χ4n) is 4.15. The van der Waals surface area contributed by atoms with Gasteiger partial charge in [-0.15, -0.1) is 0 Å². The Bertz CT molecular complexity index is 410. The average molecular weight is 311 g/mol. The number of likely N-dealkylation sites (tertiary alicyclic amines) is 1. The Labute approximate surface area is 131 Å². The molecule has 2 bridgehead atoms. The SMILES string of the molecule is COC(=O)N1CCC(NC(=S)N[C@@H]2C[C@H]3CC[C@H]2C3)CC1. The van der Waals surface area contributed by atoms with Crippen LogP contribution in [-0.4, -0.2) is 48.4 Å². The molecule has 0 aromatic carbocycles. The molecule has 3 rings (SSSR count). The molecule has 1 saturated heterocycles. The second-order valence-electron chi connectivity index (χ2n) is 6.63. The van der Waals surface area contributed by atoms with Crippen molar-refractivity contribution in [3.63, 3.8) is 0 Å². The van der Waals surface area contributed by atoms with Crippen molar-refractivity contribution < 1.29 is 9.53 Å². The molecule has 118 valence electrons. The summed E-state index contributed by atoms with van der Waals surface area (Å²) in [6.45, 7) is 1.47. The first-order chi connectivity index (χ1) is 10.2. The molecular formula is C15H25N3O2S. The number of rotatable bonds is 2. The number of hydrogen-bond acceptors (Lipinski definition) is 3. The van der Waals surface area contributed by atoms with E-state index in [4.69, 9.17) is 17.0 Å². The van der Waals surface area contributed by atoms with Crippen LogP contribution in [0.4, 0.5) is 4.79 Å². The molecule has 1 heterocycles. The number of hydrogen-bond donors (Lipinski definition) is 2. The Hall–Kier alpha value is -1.04. The van der Waals surface area contributed by atoms with Crippen molar-refractivity contribution in [2.24, 2.45) is 11.8 Å². The normalized spacial score (nSPS) is 32.0. The number of carbonyl (C=O) groups is 1. The summed E-state index contributed by atoms with van der Waals surface area (Å²) in [4.78, 5) is 13.2. The fraction of sp³-hybridized carbons (Fsp3) is 0.867. The average Bonchev–Trinajstić information content (AvgIpc) is 3.09. The lowest BCUT2D eigenvalue weighted by atomic mass is 9.95. The number of thiocarbonyl (C=S) groups is 1. The zero-order chi connectivity index (χ0) is 14.8. The first-order valence-corrected chi connectivity index (χ1v) is 8.46. The predicted octanol–water partition coefficient (Wildman–Crippen LogP) is 1.87. The van der Waals surface area contributed by atoms with E-state index >= 15 is 0 Å². The standard InChI is InChI=1S/C15H25N3O2S/c1-20-15(19)18-6-4-12(5-7-18)16-14(21)17-13-9-10-2-3-11(13)8-10/h10-13H,2-9H2,1H3,(H2,16,17,21)/t10-,11-,13+/m0/s1. The lowest BCUT2D eigenvalue weighted by molar-refractivity contribution is 0.111. The quantitative estimate of drug-likeness (QED) is 0.763. The van der Waals surface area contributed by atoms with Crippen molar-refractivity contribution in [2.45, 2.75) is 50.6 Å². The van der Waals surface area contributed by atoms with Crippen LogP contribution in [0.15, 0.2) is 0 Å². The van der Waals surface area contributed by atoms with Crippen LogP contribution in [-0.2, 0) is 4.74 Å². The van der Waals surface area contributed by atoms with Crippen molar-refractivity contribution in [3.05, 3.63) is 0 Å². The topological polar surface area (TPSA) is 53.6 Å². The van der Waals surface area contributed by atoms with Gasteiger partial charge in [0.05, 0.1) is 7.11 Å². The lowest BCUT2D eigenvalue weighted by Crippen LogP contribution is -2.51. The number of carbonyl (C=O) groups excluding carboxylic acids is 1. The third kappa shape index (κ3) is 3.42. The maximum Gasteiger partial charge on any atom is 0.409 e. The summed E-state index contributed by atoms with van der Waals surface area (Å²) in [5.74, 6) is 1.76. The fourth-order valence-corrected chi connectivity index (χ4v) is 4.47. The Morgan fingerprint density at radius 2 is 1.90 bits per heavy atom. The molecule has 0 spiro atoms. The van der Waals surface area contributed by atoms with Gasteiger partial charge in [-0.3, -0.25) is 0 Å². The molecule has 3 aliphatic rings. The van der Waals surface area contributed by atoms with E-state index in [0.717, 1.165) is 42.9 Å². The highest BCUT2D eigenvalue weighted by Gasteiger charge is 2.39. The van der Waals surface area contributed by atoms with Gasteiger partial charge >= 0.3 is 6.09 Å². The molecule has 2 N–H and O–H groups in total. The first kappa shape index (κ1) is 14.9. The molecule has 0 radical (unpaired) electrons. The van der Waals surface area contributed by atoms with Gasteiger partial charge in [0.1, 0.15) is 0 Å². The lowest BCUT2D eigenvalue weighted by Gasteiger charge is -2.33. The zero-order valence-corrected chi connectivity index (χ0v) is 13.5. The number of nitrogens with one attached hydrogen (secondary N) is 2. The number of methoxy groups -OCH3 is 1. The number of amides is 1. The Morgan fingerprint density at radius 3 is 2.48 bits per heavy atom. The molecule has 0 aromatic rings. The molecule has 0 unspecified atom stereocenters. The van der Waals surface area contributed by atoms with E-state index in [1.54, 1.807) is 4.90 Å². The summed E-state index contributed by atoms with van der Waals surface area (Å²) >= 11 is 5.46. The minimum absolute atomic E-state index is 0.226. The molecular weight excluding hydrogens is 286 g/mol. The molecule has 1 amide bonds. The molecule has 2 saturated carbocycles. The van der Waals surface area contributed by atoms with E-state index in [0.29, 0.717) is 12.1 Å². The highest BCUT2D eigenvalue weighted by molar-refractivity contribution is 7.80. The van der Waals surface area contributed by atoms with E-state index in [1.165, 1.54) is 32.8 Å². The molecule has 3 fully saturated rings. The van der Waals surface area contributed by atoms with Crippen molar-refractivity contribution >= 4 is 23.4 Å². The highest BCUT2D eigenvalue weighted by atomic mass is 32.1. The number of piperidine rings is 1. The third-order valence-electron chi connectivity index (χ3n) is 5.32. The number of ether oxygens (including phenoxy) is 1.